The number of nitrogens with zero attached hydrogens (tertiary/aromatic N) is 1. The number of benzene rings is 3. The molecule has 0 radical (unpaired) electrons. The first-order valence-electron chi connectivity index (χ1n) is 14.5. The van der Waals surface area contributed by atoms with E-state index in [1.165, 1.54) is 6.42 Å². The van der Waals surface area contributed by atoms with Crippen LogP contribution in [0.1, 0.15) is 68.3 Å². The van der Waals surface area contributed by atoms with Crippen LogP contribution in [0.2, 0.25) is 0 Å². The molecular weight excluding hydrogens is 498 g/mol. The molecule has 4 aromatic rings. The molecule has 2 amide bonds. The zero-order valence-electron chi connectivity index (χ0n) is 23.1. The van der Waals surface area contributed by atoms with Crippen LogP contribution in [0.15, 0.2) is 78.9 Å². The molecular formula is C34H37N3O3. The van der Waals surface area contributed by atoms with Gasteiger partial charge in [-0.1, -0.05) is 99.0 Å². The topological polar surface area (TPSA) is 88.4 Å². The van der Waals surface area contributed by atoms with Crippen molar-refractivity contribution in [1.82, 2.24) is 9.88 Å². The van der Waals surface area contributed by atoms with E-state index in [4.69, 9.17) is 10.5 Å². The Morgan fingerprint density at radius 1 is 0.925 bits per heavy atom. The summed E-state index contributed by atoms with van der Waals surface area (Å²) < 4.78 is 5.96. The van der Waals surface area contributed by atoms with Gasteiger partial charge in [0.05, 0.1) is 6.04 Å². The van der Waals surface area contributed by atoms with E-state index in [1.54, 1.807) is 4.90 Å². The monoisotopic (exact) mass is 535 g/mol. The van der Waals surface area contributed by atoms with E-state index >= 15 is 0 Å². The lowest BCUT2D eigenvalue weighted by atomic mass is 9.64. The van der Waals surface area contributed by atoms with Gasteiger partial charge < -0.3 is 15.5 Å². The van der Waals surface area contributed by atoms with Crippen molar-refractivity contribution < 1.29 is 14.3 Å². The smallest absolute Gasteiger partial charge is 0.411 e. The highest BCUT2D eigenvalue weighted by Crippen LogP contribution is 2.55. The van der Waals surface area contributed by atoms with Gasteiger partial charge in [0.1, 0.15) is 12.6 Å². The van der Waals surface area contributed by atoms with E-state index in [-0.39, 0.29) is 18.1 Å². The van der Waals surface area contributed by atoms with E-state index in [0.29, 0.717) is 6.42 Å². The summed E-state index contributed by atoms with van der Waals surface area (Å²) in [6, 6.07) is 25.3. The third-order valence-electron chi connectivity index (χ3n) is 9.23. The van der Waals surface area contributed by atoms with Gasteiger partial charge in [0, 0.05) is 23.0 Å². The van der Waals surface area contributed by atoms with Crippen LogP contribution in [0.3, 0.4) is 0 Å². The molecule has 2 atom stereocenters. The Labute approximate surface area is 235 Å². The minimum Gasteiger partial charge on any atom is -0.445 e. The Morgan fingerprint density at radius 3 is 2.30 bits per heavy atom. The quantitative estimate of drug-likeness (QED) is 0.272. The fraction of sp³-hybridized carbons (Fsp3) is 0.353. The van der Waals surface area contributed by atoms with Crippen molar-refractivity contribution in [2.24, 2.45) is 11.1 Å². The number of nitrogens with two attached hydrogens (primary N) is 1. The van der Waals surface area contributed by atoms with Gasteiger partial charge >= 0.3 is 6.09 Å². The third kappa shape index (κ3) is 4.66. The molecule has 1 aromatic heterocycles. The summed E-state index contributed by atoms with van der Waals surface area (Å²) in [5.74, 6) is -0.493. The highest BCUT2D eigenvalue weighted by molar-refractivity contribution is 5.90. The number of rotatable bonds is 6. The molecule has 1 saturated carbocycles. The zero-order valence-corrected chi connectivity index (χ0v) is 23.1. The number of fused-ring (bicyclic) bond motifs is 3. The lowest BCUT2D eigenvalue weighted by Gasteiger charge is -2.51. The average molecular weight is 536 g/mol. The lowest BCUT2D eigenvalue weighted by molar-refractivity contribution is -0.126. The molecule has 3 N–H and O–H groups in total. The summed E-state index contributed by atoms with van der Waals surface area (Å²) in [4.78, 5) is 32.3. The second-order valence-electron chi connectivity index (χ2n) is 11.4. The number of amides is 2. The number of aromatic nitrogens is 1. The van der Waals surface area contributed by atoms with E-state index in [1.807, 2.05) is 54.6 Å². The lowest BCUT2D eigenvalue weighted by Crippen LogP contribution is -2.57. The standard InChI is InChI=1S/C34H37N3O3/c1-2-34(19-9-4-10-20-34)31-30-27(26-13-7-8-14-28(26)36-30)21-29(32(35)38)37(31)33(39)40-22-23-15-17-25(18-16-23)24-11-5-3-6-12-24/h3,5-8,11-18,29,31,36H,2,4,9-10,19-22H2,1H3,(H2,35,38). The molecule has 2 unspecified atom stereocenters. The minimum absolute atomic E-state index is 0.126. The summed E-state index contributed by atoms with van der Waals surface area (Å²) >= 11 is 0. The summed E-state index contributed by atoms with van der Waals surface area (Å²) in [5, 5.41) is 1.10. The fourth-order valence-electron chi connectivity index (χ4n) is 7.08. The van der Waals surface area contributed by atoms with Gasteiger partial charge in [-0.3, -0.25) is 9.69 Å². The Balaban J connectivity index is 1.34. The molecule has 0 spiro atoms. The molecule has 2 heterocycles. The van der Waals surface area contributed by atoms with E-state index in [9.17, 15) is 9.59 Å². The average Bonchev–Trinajstić information content (AvgIpc) is 3.38. The van der Waals surface area contributed by atoms with Gasteiger partial charge in [-0.15, -0.1) is 0 Å². The van der Waals surface area contributed by atoms with Crippen LogP contribution in [0, 0.1) is 5.41 Å². The summed E-state index contributed by atoms with van der Waals surface area (Å²) in [6.07, 6.45) is 6.21. The van der Waals surface area contributed by atoms with Crippen LogP contribution in [-0.4, -0.2) is 27.9 Å². The first-order chi connectivity index (χ1) is 19.5. The molecule has 0 bridgehead atoms. The van der Waals surface area contributed by atoms with Crippen LogP contribution >= 0.6 is 0 Å². The summed E-state index contributed by atoms with van der Waals surface area (Å²) in [6.45, 7) is 2.33. The number of hydrogen-bond donors (Lipinski definition) is 2. The second kappa shape index (κ2) is 10.8. The molecule has 6 rings (SSSR count). The maximum Gasteiger partial charge on any atom is 0.411 e. The van der Waals surface area contributed by atoms with Crippen molar-refractivity contribution in [3.63, 3.8) is 0 Å². The maximum absolute atomic E-state index is 14.0. The van der Waals surface area contributed by atoms with Crippen LogP contribution < -0.4 is 5.73 Å². The Hall–Kier alpha value is -4.06. The number of ether oxygens (including phenoxy) is 1. The molecule has 6 heteroatoms. The number of nitrogens with one attached hydrogen (secondary N) is 1. The predicted octanol–water partition coefficient (Wildman–Crippen LogP) is 7.29. The van der Waals surface area contributed by atoms with E-state index in [0.717, 1.165) is 71.0 Å². The van der Waals surface area contributed by atoms with Crippen molar-refractivity contribution in [2.45, 2.75) is 70.6 Å². The van der Waals surface area contributed by atoms with Gasteiger partial charge in [-0.25, -0.2) is 4.79 Å². The van der Waals surface area contributed by atoms with Gasteiger partial charge in [0.15, 0.2) is 0 Å². The Morgan fingerprint density at radius 2 is 1.60 bits per heavy atom. The largest absolute Gasteiger partial charge is 0.445 e. The van der Waals surface area contributed by atoms with Crippen LogP contribution in [0.25, 0.3) is 22.0 Å². The molecule has 6 nitrogen and oxygen atoms in total. The summed E-state index contributed by atoms with van der Waals surface area (Å²) in [5.41, 5.74) is 12.2. The number of para-hydroxylation sites is 1. The number of carbonyl (C=O) groups excluding carboxylic acids is 2. The minimum atomic E-state index is -0.769. The molecule has 0 saturated heterocycles. The first kappa shape index (κ1) is 26.2. The molecule has 206 valence electrons. The number of hydrogen-bond acceptors (Lipinski definition) is 3. The molecule has 2 aliphatic rings. The van der Waals surface area contributed by atoms with Gasteiger partial charge in [0.25, 0.3) is 0 Å². The molecule has 1 aliphatic carbocycles. The van der Waals surface area contributed by atoms with Crippen molar-refractivity contribution in [2.75, 3.05) is 0 Å². The number of carbonyl (C=O) groups is 2. The fourth-order valence-corrected chi connectivity index (χ4v) is 7.08. The van der Waals surface area contributed by atoms with E-state index < -0.39 is 18.0 Å². The van der Waals surface area contributed by atoms with Crippen molar-refractivity contribution in [3.05, 3.63) is 95.7 Å². The van der Waals surface area contributed by atoms with E-state index in [2.05, 4.69) is 36.2 Å². The first-order valence-corrected chi connectivity index (χ1v) is 14.5. The predicted molar refractivity (Wildman–Crippen MR) is 157 cm³/mol. The number of aromatic amines is 1. The highest BCUT2D eigenvalue weighted by Gasteiger charge is 2.52. The van der Waals surface area contributed by atoms with Crippen LogP contribution in [0.5, 0.6) is 0 Å². The number of primary amides is 1. The SMILES string of the molecule is CCC1(C2c3[nH]c4ccccc4c3CC(C(N)=O)N2C(=O)OCc2ccc(-c3ccccc3)cc2)CCCCC1. The van der Waals surface area contributed by atoms with Crippen molar-refractivity contribution in [1.29, 1.82) is 0 Å². The normalized spacial score (nSPS) is 20.2. The van der Waals surface area contributed by atoms with Crippen molar-refractivity contribution >= 4 is 22.9 Å². The van der Waals surface area contributed by atoms with Gasteiger partial charge in [-0.05, 0) is 53.0 Å². The maximum atomic E-state index is 14.0. The molecule has 1 aliphatic heterocycles. The third-order valence-corrected chi connectivity index (χ3v) is 9.23. The van der Waals surface area contributed by atoms with Crippen molar-refractivity contribution in [3.8, 4) is 11.1 Å². The Bertz CT molecular complexity index is 1500. The summed E-state index contributed by atoms with van der Waals surface area (Å²) in [7, 11) is 0. The highest BCUT2D eigenvalue weighted by atomic mass is 16.6. The van der Waals surface area contributed by atoms with Gasteiger partial charge in [-0.2, -0.15) is 0 Å². The molecule has 40 heavy (non-hydrogen) atoms. The Kier molecular flexibility index (Phi) is 7.09. The molecule has 3 aromatic carbocycles. The second-order valence-corrected chi connectivity index (χ2v) is 11.4. The van der Waals surface area contributed by atoms with Gasteiger partial charge in [0.2, 0.25) is 5.91 Å². The zero-order chi connectivity index (χ0) is 27.7. The van der Waals surface area contributed by atoms with Crippen LogP contribution in [0.4, 0.5) is 4.79 Å². The van der Waals surface area contributed by atoms with Crippen LogP contribution in [-0.2, 0) is 22.6 Å². The number of H-pyrrole nitrogens is 1. The molecule has 1 fully saturated rings.